The molecule has 2 aromatic heterocycles. The lowest BCUT2D eigenvalue weighted by molar-refractivity contribution is 0.0395. The van der Waals surface area contributed by atoms with Crippen molar-refractivity contribution in [3.8, 4) is 11.4 Å². The van der Waals surface area contributed by atoms with E-state index in [0.29, 0.717) is 6.61 Å². The SMILES string of the molecule is c1ccc(C2CN(c3cccc(-c4csc(NC5=NCCCN5)n4)n3)CCO2)cc1. The van der Waals surface area contributed by atoms with Crippen molar-refractivity contribution in [2.45, 2.75) is 12.5 Å². The molecule has 0 spiro atoms. The predicted molar refractivity (Wildman–Crippen MR) is 121 cm³/mol. The van der Waals surface area contributed by atoms with Crippen LogP contribution in [0.1, 0.15) is 18.1 Å². The summed E-state index contributed by atoms with van der Waals surface area (Å²) in [4.78, 5) is 16.3. The molecule has 154 valence electrons. The van der Waals surface area contributed by atoms with Gasteiger partial charge in [0.2, 0.25) is 0 Å². The highest BCUT2D eigenvalue weighted by Gasteiger charge is 2.23. The molecule has 2 aliphatic rings. The molecule has 0 aliphatic carbocycles. The fraction of sp³-hybridized carbons (Fsp3) is 0.318. The second-order valence-corrected chi connectivity index (χ2v) is 8.13. The molecule has 4 heterocycles. The summed E-state index contributed by atoms with van der Waals surface area (Å²) in [7, 11) is 0. The van der Waals surface area contributed by atoms with Crippen molar-refractivity contribution >= 4 is 28.2 Å². The maximum atomic E-state index is 6.00. The normalized spacial score (nSPS) is 19.1. The highest BCUT2D eigenvalue weighted by Crippen LogP contribution is 2.28. The predicted octanol–water partition coefficient (Wildman–Crippen LogP) is 3.54. The molecule has 7 nitrogen and oxygen atoms in total. The maximum Gasteiger partial charge on any atom is 0.197 e. The van der Waals surface area contributed by atoms with Gasteiger partial charge in [0.15, 0.2) is 11.1 Å². The largest absolute Gasteiger partial charge is 0.370 e. The van der Waals surface area contributed by atoms with Gasteiger partial charge in [0.1, 0.15) is 17.6 Å². The Labute approximate surface area is 179 Å². The minimum Gasteiger partial charge on any atom is -0.370 e. The fourth-order valence-corrected chi connectivity index (χ4v) is 4.34. The van der Waals surface area contributed by atoms with Crippen molar-refractivity contribution in [2.24, 2.45) is 4.99 Å². The van der Waals surface area contributed by atoms with Crippen molar-refractivity contribution in [1.82, 2.24) is 15.3 Å². The zero-order chi connectivity index (χ0) is 20.2. The molecule has 2 aliphatic heterocycles. The van der Waals surface area contributed by atoms with E-state index < -0.39 is 0 Å². The number of guanidine groups is 1. The summed E-state index contributed by atoms with van der Waals surface area (Å²) in [5, 5.41) is 9.37. The van der Waals surface area contributed by atoms with Crippen LogP contribution in [0.2, 0.25) is 0 Å². The fourth-order valence-electron chi connectivity index (χ4n) is 3.64. The van der Waals surface area contributed by atoms with Gasteiger partial charge in [-0.1, -0.05) is 36.4 Å². The van der Waals surface area contributed by atoms with Gasteiger partial charge in [-0.05, 0) is 24.1 Å². The lowest BCUT2D eigenvalue weighted by Crippen LogP contribution is -2.38. The highest BCUT2D eigenvalue weighted by atomic mass is 32.1. The molecule has 8 heteroatoms. The quantitative estimate of drug-likeness (QED) is 0.673. The second kappa shape index (κ2) is 8.81. The Morgan fingerprint density at radius 3 is 2.87 bits per heavy atom. The minimum absolute atomic E-state index is 0.0595. The van der Waals surface area contributed by atoms with E-state index in [9.17, 15) is 0 Å². The summed E-state index contributed by atoms with van der Waals surface area (Å²) in [6.45, 7) is 4.09. The zero-order valence-electron chi connectivity index (χ0n) is 16.6. The van der Waals surface area contributed by atoms with Crippen LogP contribution in [0.5, 0.6) is 0 Å². The molecule has 5 rings (SSSR count). The third-order valence-electron chi connectivity index (χ3n) is 5.19. The third-order valence-corrected chi connectivity index (χ3v) is 5.94. The van der Waals surface area contributed by atoms with Crippen molar-refractivity contribution in [3.05, 3.63) is 59.5 Å². The summed E-state index contributed by atoms with van der Waals surface area (Å²) in [5.41, 5.74) is 2.94. The van der Waals surface area contributed by atoms with Crippen LogP contribution in [-0.4, -0.2) is 48.7 Å². The van der Waals surface area contributed by atoms with E-state index in [1.807, 2.05) is 23.6 Å². The Bertz CT molecular complexity index is 1020. The van der Waals surface area contributed by atoms with Crippen LogP contribution in [0.25, 0.3) is 11.4 Å². The number of benzene rings is 1. The van der Waals surface area contributed by atoms with Gasteiger partial charge in [-0.3, -0.25) is 4.99 Å². The summed E-state index contributed by atoms with van der Waals surface area (Å²) < 4.78 is 6.00. The first kappa shape index (κ1) is 19.0. The van der Waals surface area contributed by atoms with Crippen molar-refractivity contribution in [2.75, 3.05) is 43.0 Å². The number of hydrogen-bond acceptors (Lipinski definition) is 8. The topological polar surface area (TPSA) is 74.7 Å². The molecule has 1 atom stereocenters. The Morgan fingerprint density at radius 1 is 1.07 bits per heavy atom. The number of nitrogens with one attached hydrogen (secondary N) is 2. The van der Waals surface area contributed by atoms with Gasteiger partial charge < -0.3 is 20.3 Å². The van der Waals surface area contributed by atoms with Crippen LogP contribution >= 0.6 is 11.3 Å². The van der Waals surface area contributed by atoms with Crippen LogP contribution in [-0.2, 0) is 4.74 Å². The molecule has 3 aromatic rings. The number of anilines is 2. The molecule has 1 aromatic carbocycles. The minimum atomic E-state index is 0.0595. The van der Waals surface area contributed by atoms with Gasteiger partial charge in [-0.2, -0.15) is 0 Å². The summed E-state index contributed by atoms with van der Waals surface area (Å²) >= 11 is 1.56. The van der Waals surface area contributed by atoms with Crippen LogP contribution in [0.4, 0.5) is 10.9 Å². The summed E-state index contributed by atoms with van der Waals surface area (Å²) in [6.07, 6.45) is 1.13. The first-order valence-electron chi connectivity index (χ1n) is 10.2. The molecular weight excluding hydrogens is 396 g/mol. The zero-order valence-corrected chi connectivity index (χ0v) is 17.4. The average molecular weight is 421 g/mol. The van der Waals surface area contributed by atoms with E-state index >= 15 is 0 Å². The molecule has 0 radical (unpaired) electrons. The molecular formula is C22H24N6OS. The second-order valence-electron chi connectivity index (χ2n) is 7.27. The number of thiazole rings is 1. The molecule has 1 unspecified atom stereocenters. The summed E-state index contributed by atoms with van der Waals surface area (Å²) in [6, 6.07) is 16.5. The van der Waals surface area contributed by atoms with Crippen LogP contribution < -0.4 is 15.5 Å². The van der Waals surface area contributed by atoms with E-state index in [1.54, 1.807) is 11.3 Å². The number of aliphatic imine (C=N–C) groups is 1. The number of aromatic nitrogens is 2. The smallest absolute Gasteiger partial charge is 0.197 e. The molecule has 1 fully saturated rings. The average Bonchev–Trinajstić information content (AvgIpc) is 3.29. The maximum absolute atomic E-state index is 6.00. The van der Waals surface area contributed by atoms with E-state index in [2.05, 4.69) is 50.9 Å². The van der Waals surface area contributed by atoms with E-state index in [4.69, 9.17) is 14.7 Å². The lowest BCUT2D eigenvalue weighted by atomic mass is 10.1. The first-order chi connectivity index (χ1) is 14.8. The number of hydrogen-bond donors (Lipinski definition) is 2. The lowest BCUT2D eigenvalue weighted by Gasteiger charge is -2.34. The number of rotatable bonds is 4. The highest BCUT2D eigenvalue weighted by molar-refractivity contribution is 7.14. The molecule has 2 N–H and O–H groups in total. The number of pyridine rings is 1. The van der Waals surface area contributed by atoms with Crippen molar-refractivity contribution in [1.29, 1.82) is 0 Å². The standard InChI is InChI=1S/C22H24N6OS/c1-2-6-16(7-3-1)19-14-28(12-13-29-19)20-9-4-8-17(25-20)18-15-30-22(26-18)27-21-23-10-5-11-24-21/h1-4,6-9,15,19H,5,10-14H2,(H2,23,24,26,27). The molecule has 0 saturated carbocycles. The monoisotopic (exact) mass is 420 g/mol. The Balaban J connectivity index is 1.31. The Kier molecular flexibility index (Phi) is 5.58. The van der Waals surface area contributed by atoms with Gasteiger partial charge in [-0.15, -0.1) is 11.3 Å². The number of ether oxygens (including phenoxy) is 1. The molecule has 30 heavy (non-hydrogen) atoms. The van der Waals surface area contributed by atoms with Crippen LogP contribution in [0.15, 0.2) is 58.9 Å². The molecule has 0 bridgehead atoms. The number of morpholine rings is 1. The molecule has 1 saturated heterocycles. The van der Waals surface area contributed by atoms with Crippen LogP contribution in [0, 0.1) is 0 Å². The Hall–Kier alpha value is -2.97. The van der Waals surface area contributed by atoms with Crippen molar-refractivity contribution < 1.29 is 4.74 Å². The van der Waals surface area contributed by atoms with E-state index in [-0.39, 0.29) is 6.10 Å². The van der Waals surface area contributed by atoms with Crippen molar-refractivity contribution in [3.63, 3.8) is 0 Å². The third kappa shape index (κ3) is 4.29. The van der Waals surface area contributed by atoms with Gasteiger partial charge >= 0.3 is 0 Å². The van der Waals surface area contributed by atoms with Crippen LogP contribution in [0.3, 0.4) is 0 Å². The van der Waals surface area contributed by atoms with E-state index in [1.165, 1.54) is 5.56 Å². The van der Waals surface area contributed by atoms with E-state index in [0.717, 1.165) is 60.9 Å². The first-order valence-corrected chi connectivity index (χ1v) is 11.1. The van der Waals surface area contributed by atoms with Gasteiger partial charge in [0.25, 0.3) is 0 Å². The van der Waals surface area contributed by atoms with Gasteiger partial charge in [-0.25, -0.2) is 9.97 Å². The number of nitrogens with zero attached hydrogens (tertiary/aromatic N) is 4. The Morgan fingerprint density at radius 2 is 2.00 bits per heavy atom. The summed E-state index contributed by atoms with van der Waals surface area (Å²) in [5.74, 6) is 1.75. The van der Waals surface area contributed by atoms with Gasteiger partial charge in [0.05, 0.1) is 12.3 Å². The van der Waals surface area contributed by atoms with Gasteiger partial charge in [0, 0.05) is 31.6 Å². The molecule has 0 amide bonds.